The van der Waals surface area contributed by atoms with Crippen LogP contribution in [0.1, 0.15) is 19.8 Å². The van der Waals surface area contributed by atoms with Crippen LogP contribution in [0.2, 0.25) is 5.15 Å². The lowest BCUT2D eigenvalue weighted by Gasteiger charge is -2.16. The summed E-state index contributed by atoms with van der Waals surface area (Å²) >= 11 is 5.95. The second-order valence-electron chi connectivity index (χ2n) is 3.81. The summed E-state index contributed by atoms with van der Waals surface area (Å²) in [5, 5.41) is 15.5. The standard InChI is InChI=1S/C11H19ClN4O/c1-3-8(4-5-17)6-14-11-9(13-2)10(12)15-7-16-11/h7-8,13,17H,3-6H2,1-2H3,(H,14,15,16). The van der Waals surface area contributed by atoms with Crippen molar-refractivity contribution < 1.29 is 5.11 Å². The van der Waals surface area contributed by atoms with Gasteiger partial charge < -0.3 is 15.7 Å². The van der Waals surface area contributed by atoms with Crippen LogP contribution in [0.25, 0.3) is 0 Å². The third-order valence-corrected chi connectivity index (χ3v) is 3.01. The van der Waals surface area contributed by atoms with Crippen molar-refractivity contribution in [3.8, 4) is 0 Å². The number of hydrogen-bond donors (Lipinski definition) is 3. The molecule has 0 spiro atoms. The maximum atomic E-state index is 8.92. The highest BCUT2D eigenvalue weighted by Gasteiger charge is 2.10. The molecular formula is C11H19ClN4O. The number of hydrogen-bond acceptors (Lipinski definition) is 5. The highest BCUT2D eigenvalue weighted by molar-refractivity contribution is 6.32. The van der Waals surface area contributed by atoms with Gasteiger partial charge in [0, 0.05) is 20.2 Å². The average molecular weight is 259 g/mol. The van der Waals surface area contributed by atoms with Crippen LogP contribution < -0.4 is 10.6 Å². The van der Waals surface area contributed by atoms with Gasteiger partial charge in [0.05, 0.1) is 0 Å². The number of aliphatic hydroxyl groups is 1. The molecule has 1 heterocycles. The zero-order valence-corrected chi connectivity index (χ0v) is 11.0. The van der Waals surface area contributed by atoms with Gasteiger partial charge in [-0.05, 0) is 12.3 Å². The number of halogens is 1. The number of rotatable bonds is 7. The second kappa shape index (κ2) is 7.29. The number of nitrogens with one attached hydrogen (secondary N) is 2. The summed E-state index contributed by atoms with van der Waals surface area (Å²) in [5.41, 5.74) is 0.702. The van der Waals surface area contributed by atoms with Crippen LogP contribution in [-0.2, 0) is 0 Å². The van der Waals surface area contributed by atoms with Gasteiger partial charge >= 0.3 is 0 Å². The number of aromatic nitrogens is 2. The first-order chi connectivity index (χ1) is 8.22. The fourth-order valence-electron chi connectivity index (χ4n) is 1.59. The first kappa shape index (κ1) is 14.0. The van der Waals surface area contributed by atoms with E-state index in [9.17, 15) is 0 Å². The Morgan fingerprint density at radius 2 is 2.24 bits per heavy atom. The van der Waals surface area contributed by atoms with Gasteiger partial charge in [0.15, 0.2) is 11.0 Å². The van der Waals surface area contributed by atoms with Crippen molar-refractivity contribution in [1.29, 1.82) is 0 Å². The average Bonchev–Trinajstić information content (AvgIpc) is 2.34. The fourth-order valence-corrected chi connectivity index (χ4v) is 1.82. The fraction of sp³-hybridized carbons (Fsp3) is 0.636. The van der Waals surface area contributed by atoms with E-state index in [2.05, 4.69) is 27.5 Å². The lowest BCUT2D eigenvalue weighted by molar-refractivity contribution is 0.258. The molecule has 0 fully saturated rings. The molecule has 1 unspecified atom stereocenters. The molecule has 0 saturated carbocycles. The third kappa shape index (κ3) is 4.02. The summed E-state index contributed by atoms with van der Waals surface area (Å²) in [6, 6.07) is 0. The molecule has 0 radical (unpaired) electrons. The Labute approximate surface area is 107 Å². The summed E-state index contributed by atoms with van der Waals surface area (Å²) in [6.45, 7) is 3.08. The zero-order chi connectivity index (χ0) is 12.7. The molecule has 1 aromatic rings. The van der Waals surface area contributed by atoms with Crippen molar-refractivity contribution in [3.05, 3.63) is 11.5 Å². The minimum absolute atomic E-state index is 0.212. The Morgan fingerprint density at radius 3 is 2.82 bits per heavy atom. The Bertz CT molecular complexity index is 348. The molecule has 1 atom stereocenters. The van der Waals surface area contributed by atoms with E-state index >= 15 is 0 Å². The normalized spacial score (nSPS) is 12.2. The van der Waals surface area contributed by atoms with Crippen molar-refractivity contribution in [2.45, 2.75) is 19.8 Å². The van der Waals surface area contributed by atoms with Crippen LogP contribution in [-0.4, -0.2) is 35.3 Å². The van der Waals surface area contributed by atoms with Gasteiger partial charge in [-0.1, -0.05) is 24.9 Å². The quantitative estimate of drug-likeness (QED) is 0.653. The largest absolute Gasteiger partial charge is 0.396 e. The molecule has 5 nitrogen and oxygen atoms in total. The smallest absolute Gasteiger partial charge is 0.157 e. The number of aliphatic hydroxyl groups excluding tert-OH is 1. The molecular weight excluding hydrogens is 240 g/mol. The SMILES string of the molecule is CCC(CCO)CNc1ncnc(Cl)c1NC. The molecule has 1 rings (SSSR count). The third-order valence-electron chi connectivity index (χ3n) is 2.72. The second-order valence-corrected chi connectivity index (χ2v) is 4.16. The van der Waals surface area contributed by atoms with Crippen LogP contribution in [0.15, 0.2) is 6.33 Å². The van der Waals surface area contributed by atoms with Crippen molar-refractivity contribution in [2.75, 3.05) is 30.8 Å². The predicted octanol–water partition coefficient (Wildman–Crippen LogP) is 1.99. The van der Waals surface area contributed by atoms with Gasteiger partial charge in [-0.15, -0.1) is 0 Å². The van der Waals surface area contributed by atoms with E-state index in [0.29, 0.717) is 22.6 Å². The Hall–Kier alpha value is -1.07. The molecule has 0 bridgehead atoms. The molecule has 0 aliphatic carbocycles. The van der Waals surface area contributed by atoms with Crippen molar-refractivity contribution >= 4 is 23.1 Å². The van der Waals surface area contributed by atoms with Gasteiger partial charge in [-0.3, -0.25) is 0 Å². The van der Waals surface area contributed by atoms with E-state index in [4.69, 9.17) is 16.7 Å². The van der Waals surface area contributed by atoms with Gasteiger partial charge in [-0.2, -0.15) is 0 Å². The lowest BCUT2D eigenvalue weighted by Crippen LogP contribution is -2.16. The number of anilines is 2. The first-order valence-corrected chi connectivity index (χ1v) is 6.13. The minimum atomic E-state index is 0.212. The van der Waals surface area contributed by atoms with Crippen molar-refractivity contribution in [3.63, 3.8) is 0 Å². The maximum Gasteiger partial charge on any atom is 0.157 e. The minimum Gasteiger partial charge on any atom is -0.396 e. The van der Waals surface area contributed by atoms with Crippen LogP contribution in [0.3, 0.4) is 0 Å². The van der Waals surface area contributed by atoms with Crippen LogP contribution in [0.4, 0.5) is 11.5 Å². The van der Waals surface area contributed by atoms with E-state index in [1.807, 2.05) is 0 Å². The molecule has 0 aromatic carbocycles. The summed E-state index contributed by atoms with van der Waals surface area (Å²) < 4.78 is 0. The Balaban J connectivity index is 2.65. The monoisotopic (exact) mass is 258 g/mol. The number of nitrogens with zero attached hydrogens (tertiary/aromatic N) is 2. The molecule has 1 aromatic heterocycles. The highest BCUT2D eigenvalue weighted by atomic mass is 35.5. The zero-order valence-electron chi connectivity index (χ0n) is 10.2. The van der Waals surface area contributed by atoms with Gasteiger partial charge in [0.25, 0.3) is 0 Å². The Morgan fingerprint density at radius 1 is 1.47 bits per heavy atom. The van der Waals surface area contributed by atoms with Gasteiger partial charge in [-0.25, -0.2) is 9.97 Å². The summed E-state index contributed by atoms with van der Waals surface area (Å²) in [5.74, 6) is 1.13. The van der Waals surface area contributed by atoms with Crippen LogP contribution in [0, 0.1) is 5.92 Å². The summed E-state index contributed by atoms with van der Waals surface area (Å²) in [6.07, 6.45) is 3.23. The van der Waals surface area contributed by atoms with E-state index in [1.54, 1.807) is 7.05 Å². The van der Waals surface area contributed by atoms with Gasteiger partial charge in [0.2, 0.25) is 0 Å². The highest BCUT2D eigenvalue weighted by Crippen LogP contribution is 2.25. The van der Waals surface area contributed by atoms with E-state index in [1.165, 1.54) is 6.33 Å². The van der Waals surface area contributed by atoms with Crippen LogP contribution >= 0.6 is 11.6 Å². The van der Waals surface area contributed by atoms with Crippen molar-refractivity contribution in [1.82, 2.24) is 9.97 Å². The maximum absolute atomic E-state index is 8.92. The molecule has 0 aliphatic heterocycles. The van der Waals surface area contributed by atoms with E-state index in [0.717, 1.165) is 19.4 Å². The molecule has 96 valence electrons. The first-order valence-electron chi connectivity index (χ1n) is 5.75. The molecule has 3 N–H and O–H groups in total. The van der Waals surface area contributed by atoms with E-state index < -0.39 is 0 Å². The molecule has 0 amide bonds. The summed E-state index contributed by atoms with van der Waals surface area (Å²) in [7, 11) is 1.78. The van der Waals surface area contributed by atoms with Gasteiger partial charge in [0.1, 0.15) is 12.0 Å². The topological polar surface area (TPSA) is 70.1 Å². The molecule has 0 saturated heterocycles. The van der Waals surface area contributed by atoms with E-state index in [-0.39, 0.29) is 6.61 Å². The molecule has 17 heavy (non-hydrogen) atoms. The lowest BCUT2D eigenvalue weighted by atomic mass is 10.0. The van der Waals surface area contributed by atoms with Crippen LogP contribution in [0.5, 0.6) is 0 Å². The molecule has 6 heteroatoms. The predicted molar refractivity (Wildman–Crippen MR) is 70.6 cm³/mol. The molecule has 0 aliphatic rings. The Kier molecular flexibility index (Phi) is 6.00. The van der Waals surface area contributed by atoms with Crippen molar-refractivity contribution in [2.24, 2.45) is 5.92 Å². The summed E-state index contributed by atoms with van der Waals surface area (Å²) in [4.78, 5) is 8.05.